The molecule has 1 atom stereocenters. The molecule has 0 aliphatic carbocycles. The van der Waals surface area contributed by atoms with Gasteiger partial charge in [-0.15, -0.1) is 0 Å². The van der Waals surface area contributed by atoms with E-state index in [1.54, 1.807) is 25.3 Å². The van der Waals surface area contributed by atoms with Crippen LogP contribution in [-0.2, 0) is 15.1 Å². The molecule has 0 bridgehead atoms. The summed E-state index contributed by atoms with van der Waals surface area (Å²) in [6, 6.07) is 18.4. The largest absolute Gasteiger partial charge is 0.497 e. The van der Waals surface area contributed by atoms with Crippen LogP contribution in [0.5, 0.6) is 23.0 Å². The smallest absolute Gasteiger partial charge is 0.407 e. The van der Waals surface area contributed by atoms with Crippen molar-refractivity contribution in [3.63, 3.8) is 0 Å². The molecule has 0 saturated carbocycles. The third-order valence-corrected chi connectivity index (χ3v) is 6.15. The van der Waals surface area contributed by atoms with Gasteiger partial charge in [-0.3, -0.25) is 0 Å². The molecule has 0 radical (unpaired) electrons. The van der Waals surface area contributed by atoms with Crippen LogP contribution in [0, 0.1) is 0 Å². The van der Waals surface area contributed by atoms with E-state index in [9.17, 15) is 9.59 Å². The number of benzene rings is 3. The first-order valence-electron chi connectivity index (χ1n) is 12.1. The molecule has 0 aromatic heterocycles. The van der Waals surface area contributed by atoms with Crippen molar-refractivity contribution in [3.05, 3.63) is 82.9 Å². The van der Waals surface area contributed by atoms with E-state index in [4.69, 9.17) is 23.7 Å². The fourth-order valence-electron chi connectivity index (χ4n) is 4.62. The minimum atomic E-state index is -1.14. The number of nitrogens with one attached hydrogen (secondary N) is 1. The van der Waals surface area contributed by atoms with E-state index in [1.807, 2.05) is 63.2 Å². The van der Waals surface area contributed by atoms with Crippen LogP contribution in [0.2, 0.25) is 0 Å². The first-order valence-corrected chi connectivity index (χ1v) is 12.1. The van der Waals surface area contributed by atoms with Crippen molar-refractivity contribution in [1.29, 1.82) is 0 Å². The minimum absolute atomic E-state index is 0.377. The Morgan fingerprint density at radius 1 is 0.946 bits per heavy atom. The Balaban J connectivity index is 1.39. The SMILES string of the molecule is COc1ccc2c(c1)Oc1cc(OCCCNC(=O)OC(C)(C)C)ccc1C21OC(=O)c2ccccc21. The molecule has 2 heterocycles. The van der Waals surface area contributed by atoms with Crippen molar-refractivity contribution in [2.75, 3.05) is 20.3 Å². The molecule has 8 nitrogen and oxygen atoms in total. The molecule has 8 heteroatoms. The summed E-state index contributed by atoms with van der Waals surface area (Å²) in [4.78, 5) is 24.7. The summed E-state index contributed by atoms with van der Waals surface area (Å²) in [5, 5.41) is 2.72. The number of rotatable bonds is 6. The number of alkyl carbamates (subject to hydrolysis) is 1. The maximum Gasteiger partial charge on any atom is 0.407 e. The molecule has 1 spiro atoms. The van der Waals surface area contributed by atoms with Crippen LogP contribution in [0.3, 0.4) is 0 Å². The van der Waals surface area contributed by atoms with Crippen LogP contribution < -0.4 is 19.5 Å². The molecule has 1 N–H and O–H groups in total. The predicted molar refractivity (Wildman–Crippen MR) is 136 cm³/mol. The molecule has 1 unspecified atom stereocenters. The van der Waals surface area contributed by atoms with Gasteiger partial charge >= 0.3 is 12.1 Å². The van der Waals surface area contributed by atoms with E-state index < -0.39 is 17.3 Å². The van der Waals surface area contributed by atoms with Gasteiger partial charge in [-0.05, 0) is 57.5 Å². The lowest BCUT2D eigenvalue weighted by Crippen LogP contribution is -2.33. The Hall–Kier alpha value is -4.20. The highest BCUT2D eigenvalue weighted by Gasteiger charge is 2.53. The van der Waals surface area contributed by atoms with Crippen molar-refractivity contribution >= 4 is 12.1 Å². The van der Waals surface area contributed by atoms with Crippen molar-refractivity contribution in [3.8, 4) is 23.0 Å². The normalized spacial score (nSPS) is 17.1. The Bertz CT molecular complexity index is 1360. The monoisotopic (exact) mass is 503 g/mol. The highest BCUT2D eigenvalue weighted by molar-refractivity contribution is 5.97. The van der Waals surface area contributed by atoms with Gasteiger partial charge in [0.2, 0.25) is 0 Å². The quantitative estimate of drug-likeness (QED) is 0.348. The summed E-state index contributed by atoms with van der Waals surface area (Å²) in [7, 11) is 1.59. The third kappa shape index (κ3) is 4.55. The van der Waals surface area contributed by atoms with E-state index in [0.29, 0.717) is 53.7 Å². The molecule has 1 amide bonds. The second kappa shape index (κ2) is 9.35. The number of carbonyl (C=O) groups excluding carboxylic acids is 2. The predicted octanol–water partition coefficient (Wildman–Crippen LogP) is 5.56. The van der Waals surface area contributed by atoms with Gasteiger partial charge in [-0.2, -0.15) is 0 Å². The summed E-state index contributed by atoms with van der Waals surface area (Å²) in [6.07, 6.45) is 0.132. The summed E-state index contributed by atoms with van der Waals surface area (Å²) in [5.41, 5.74) is 1.03. The lowest BCUT2D eigenvalue weighted by Gasteiger charge is -2.36. The number of fused-ring (bicyclic) bond motifs is 6. The van der Waals surface area contributed by atoms with Crippen LogP contribution in [0.4, 0.5) is 4.79 Å². The number of esters is 1. The van der Waals surface area contributed by atoms with Gasteiger partial charge in [0.1, 0.15) is 28.6 Å². The zero-order valence-electron chi connectivity index (χ0n) is 21.3. The lowest BCUT2D eigenvalue weighted by atomic mass is 9.77. The van der Waals surface area contributed by atoms with E-state index >= 15 is 0 Å². The molecule has 0 saturated heterocycles. The molecule has 2 aliphatic rings. The Morgan fingerprint density at radius 2 is 1.62 bits per heavy atom. The maximum atomic E-state index is 12.9. The van der Waals surface area contributed by atoms with E-state index in [1.165, 1.54) is 0 Å². The zero-order valence-corrected chi connectivity index (χ0v) is 21.3. The second-order valence-corrected chi connectivity index (χ2v) is 9.87. The number of hydrogen-bond acceptors (Lipinski definition) is 7. The van der Waals surface area contributed by atoms with Crippen molar-refractivity contribution in [2.24, 2.45) is 0 Å². The number of hydrogen-bond donors (Lipinski definition) is 1. The molecule has 3 aromatic carbocycles. The molecule has 37 heavy (non-hydrogen) atoms. The van der Waals surface area contributed by atoms with Gasteiger partial charge in [0, 0.05) is 35.4 Å². The van der Waals surface area contributed by atoms with Gasteiger partial charge in [0.05, 0.1) is 19.3 Å². The molecule has 3 aromatic rings. The molecule has 2 aliphatic heterocycles. The molecular weight excluding hydrogens is 474 g/mol. The van der Waals surface area contributed by atoms with Gasteiger partial charge in [0.25, 0.3) is 0 Å². The fraction of sp³-hybridized carbons (Fsp3) is 0.310. The van der Waals surface area contributed by atoms with Gasteiger partial charge in [0.15, 0.2) is 5.60 Å². The second-order valence-electron chi connectivity index (χ2n) is 9.87. The van der Waals surface area contributed by atoms with Crippen LogP contribution in [0.25, 0.3) is 0 Å². The molecular formula is C29H29NO7. The van der Waals surface area contributed by atoms with E-state index in [-0.39, 0.29) is 5.97 Å². The lowest BCUT2D eigenvalue weighted by molar-refractivity contribution is 0.0223. The average molecular weight is 504 g/mol. The van der Waals surface area contributed by atoms with Gasteiger partial charge < -0.3 is 29.0 Å². The van der Waals surface area contributed by atoms with Crippen molar-refractivity contribution in [1.82, 2.24) is 5.32 Å². The maximum absolute atomic E-state index is 12.9. The van der Waals surface area contributed by atoms with Crippen LogP contribution >= 0.6 is 0 Å². The number of carbonyl (C=O) groups is 2. The van der Waals surface area contributed by atoms with E-state index in [2.05, 4.69) is 5.32 Å². The van der Waals surface area contributed by atoms with Crippen LogP contribution in [-0.4, -0.2) is 37.9 Å². The minimum Gasteiger partial charge on any atom is -0.497 e. The summed E-state index contributed by atoms with van der Waals surface area (Å²) < 4.78 is 29.0. The average Bonchev–Trinajstić information content (AvgIpc) is 3.15. The summed E-state index contributed by atoms with van der Waals surface area (Å²) in [5.74, 6) is 1.89. The van der Waals surface area contributed by atoms with Crippen LogP contribution in [0.1, 0.15) is 54.2 Å². The van der Waals surface area contributed by atoms with Gasteiger partial charge in [-0.1, -0.05) is 18.2 Å². The topological polar surface area (TPSA) is 92.3 Å². The van der Waals surface area contributed by atoms with Crippen molar-refractivity contribution < 1.29 is 33.3 Å². The Morgan fingerprint density at radius 3 is 2.32 bits per heavy atom. The third-order valence-electron chi connectivity index (χ3n) is 6.15. The van der Waals surface area contributed by atoms with Gasteiger partial charge in [-0.25, -0.2) is 9.59 Å². The molecule has 192 valence electrons. The molecule has 0 fully saturated rings. The first-order chi connectivity index (χ1) is 17.7. The number of amides is 1. The fourth-order valence-corrected chi connectivity index (χ4v) is 4.62. The summed E-state index contributed by atoms with van der Waals surface area (Å²) in [6.45, 7) is 6.24. The Labute approximate surface area is 215 Å². The van der Waals surface area contributed by atoms with Crippen molar-refractivity contribution in [2.45, 2.75) is 38.4 Å². The van der Waals surface area contributed by atoms with E-state index in [0.717, 1.165) is 11.1 Å². The highest BCUT2D eigenvalue weighted by Crippen LogP contribution is 2.56. The highest BCUT2D eigenvalue weighted by atomic mass is 16.6. The Kier molecular flexibility index (Phi) is 6.19. The van der Waals surface area contributed by atoms with Crippen LogP contribution in [0.15, 0.2) is 60.7 Å². The molecule has 5 rings (SSSR count). The first kappa shape index (κ1) is 24.5. The summed E-state index contributed by atoms with van der Waals surface area (Å²) >= 11 is 0. The zero-order chi connectivity index (χ0) is 26.2. The number of methoxy groups -OCH3 is 1. The standard InChI is InChI=1S/C29H29NO7/c1-28(2,3)37-27(32)30-14-7-15-34-19-11-13-23-25(17-19)35-24-16-18(33-4)10-12-22(24)29(23)21-9-6-5-8-20(21)26(31)36-29/h5-6,8-13,16-17H,7,14-15H2,1-4H3,(H,30,32). The number of ether oxygens (including phenoxy) is 5.